The lowest BCUT2D eigenvalue weighted by Gasteiger charge is -2.32. The van der Waals surface area contributed by atoms with E-state index in [0.29, 0.717) is 0 Å². The van der Waals surface area contributed by atoms with Crippen molar-refractivity contribution in [1.29, 1.82) is 0 Å². The summed E-state index contributed by atoms with van der Waals surface area (Å²) in [7, 11) is 0. The molecule has 0 atom stereocenters. The molecule has 0 N–H and O–H groups in total. The van der Waals surface area contributed by atoms with Crippen molar-refractivity contribution < 1.29 is 0 Å². The van der Waals surface area contributed by atoms with Crippen molar-refractivity contribution in [2.75, 3.05) is 9.80 Å². The molecule has 2 heteroatoms. The molecule has 71 heavy (non-hydrogen) atoms. The third-order valence-corrected chi connectivity index (χ3v) is 15.0. The number of nitrogens with zero attached hydrogens (tertiary/aromatic N) is 2. The van der Waals surface area contributed by atoms with Crippen molar-refractivity contribution in [3.63, 3.8) is 0 Å². The average molecular weight is 903 g/mol. The molecule has 0 bridgehead atoms. The highest BCUT2D eigenvalue weighted by atomic mass is 15.2. The van der Waals surface area contributed by atoms with Crippen molar-refractivity contribution in [3.05, 3.63) is 301 Å². The molecule has 0 aromatic heterocycles. The van der Waals surface area contributed by atoms with Crippen LogP contribution in [-0.4, -0.2) is 0 Å². The summed E-state index contributed by atoms with van der Waals surface area (Å²) >= 11 is 0. The van der Waals surface area contributed by atoms with Crippen molar-refractivity contribution >= 4 is 55.7 Å². The van der Waals surface area contributed by atoms with E-state index in [-0.39, 0.29) is 0 Å². The van der Waals surface area contributed by atoms with Crippen molar-refractivity contribution in [2.45, 2.75) is 5.41 Å². The largest absolute Gasteiger partial charge is 0.311 e. The Labute approximate surface area is 414 Å². The van der Waals surface area contributed by atoms with Crippen LogP contribution in [0.5, 0.6) is 0 Å². The molecule has 0 amide bonds. The third kappa shape index (κ3) is 6.28. The quantitative estimate of drug-likeness (QED) is 0.140. The van der Waals surface area contributed by atoms with E-state index in [4.69, 9.17) is 0 Å². The number of hydrogen-bond acceptors (Lipinski definition) is 2. The van der Waals surface area contributed by atoms with Gasteiger partial charge in [0.1, 0.15) is 0 Å². The summed E-state index contributed by atoms with van der Waals surface area (Å²) in [6.45, 7) is 0. The predicted molar refractivity (Wildman–Crippen MR) is 298 cm³/mol. The van der Waals surface area contributed by atoms with Crippen LogP contribution in [0.4, 0.5) is 34.1 Å². The first-order valence-corrected chi connectivity index (χ1v) is 24.6. The second-order valence-electron chi connectivity index (χ2n) is 18.7. The molecule has 332 valence electrons. The molecule has 0 saturated heterocycles. The van der Waals surface area contributed by atoms with Crippen LogP contribution in [0.15, 0.2) is 279 Å². The van der Waals surface area contributed by atoms with Crippen LogP contribution in [0.1, 0.15) is 22.3 Å². The van der Waals surface area contributed by atoms with Crippen molar-refractivity contribution in [3.8, 4) is 44.5 Å². The zero-order valence-corrected chi connectivity index (χ0v) is 39.0. The maximum absolute atomic E-state index is 2.49. The lowest BCUT2D eigenvalue weighted by molar-refractivity contribution is 0.793. The lowest BCUT2D eigenvalue weighted by Crippen LogP contribution is -2.26. The van der Waals surface area contributed by atoms with Gasteiger partial charge in [0.15, 0.2) is 0 Å². The summed E-state index contributed by atoms with van der Waals surface area (Å²) in [5.74, 6) is 0. The van der Waals surface area contributed by atoms with E-state index >= 15 is 0 Å². The Morgan fingerprint density at radius 3 is 0.944 bits per heavy atom. The molecule has 2 nitrogen and oxygen atoms in total. The lowest BCUT2D eigenvalue weighted by atomic mass is 9.70. The number of anilines is 6. The molecule has 1 spiro atoms. The van der Waals surface area contributed by atoms with Gasteiger partial charge in [0.25, 0.3) is 0 Å². The van der Waals surface area contributed by atoms with E-state index in [1.807, 2.05) is 0 Å². The Bertz CT molecular complexity index is 3810. The number of fused-ring (bicyclic) bond motifs is 12. The highest BCUT2D eigenvalue weighted by Gasteiger charge is 2.51. The van der Waals surface area contributed by atoms with Gasteiger partial charge in [-0.05, 0) is 161 Å². The summed E-state index contributed by atoms with van der Waals surface area (Å²) in [5, 5.41) is 4.99. The molecule has 0 heterocycles. The average Bonchev–Trinajstić information content (AvgIpc) is 3.91. The van der Waals surface area contributed by atoms with Crippen LogP contribution < -0.4 is 9.80 Å². The molecule has 0 fully saturated rings. The van der Waals surface area contributed by atoms with Crippen molar-refractivity contribution in [1.82, 2.24) is 0 Å². The van der Waals surface area contributed by atoms with Gasteiger partial charge in [-0.15, -0.1) is 0 Å². The monoisotopic (exact) mass is 902 g/mol. The van der Waals surface area contributed by atoms with E-state index in [1.165, 1.54) is 88.3 Å². The van der Waals surface area contributed by atoms with E-state index < -0.39 is 5.41 Å². The molecule has 14 rings (SSSR count). The van der Waals surface area contributed by atoms with Gasteiger partial charge in [-0.2, -0.15) is 0 Å². The standard InChI is InChI=1S/C69H46N2/c1-4-20-47(21-5-1)67-59-29-10-12-31-61(59)68(62-32-13-11-30-60(62)67)48-36-38-51(39-37-48)71(53-42-40-52(41-43-53)70(49-22-6-2-7-23-49)50-24-8-3-9-25-50)54-44-45-58-57-28-16-19-35-65(57)69(66(58)46-54)63-33-17-14-26-55(63)56-27-15-18-34-64(56)69/h1-46H. The number of hydrogen-bond donors (Lipinski definition) is 0. The number of para-hydroxylation sites is 2. The highest BCUT2D eigenvalue weighted by molar-refractivity contribution is 6.21. The van der Waals surface area contributed by atoms with Crippen LogP contribution in [0.3, 0.4) is 0 Å². The van der Waals surface area contributed by atoms with E-state index in [0.717, 1.165) is 34.1 Å². The van der Waals surface area contributed by atoms with Crippen LogP contribution in [-0.2, 0) is 5.41 Å². The molecule has 0 aliphatic heterocycles. The normalized spacial score (nSPS) is 12.6. The van der Waals surface area contributed by atoms with Gasteiger partial charge >= 0.3 is 0 Å². The number of benzene rings is 12. The molecule has 2 aliphatic rings. The zero-order chi connectivity index (χ0) is 46.9. The summed E-state index contributed by atoms with van der Waals surface area (Å²) in [5.41, 5.74) is 21.5. The predicted octanol–water partition coefficient (Wildman–Crippen LogP) is 18.6. The van der Waals surface area contributed by atoms with Gasteiger partial charge in [0.2, 0.25) is 0 Å². The van der Waals surface area contributed by atoms with Crippen LogP contribution in [0, 0.1) is 0 Å². The van der Waals surface area contributed by atoms with Gasteiger partial charge in [0, 0.05) is 34.1 Å². The summed E-state index contributed by atoms with van der Waals surface area (Å²) < 4.78 is 0. The third-order valence-electron chi connectivity index (χ3n) is 15.0. The fourth-order valence-electron chi connectivity index (χ4n) is 12.2. The second kappa shape index (κ2) is 16.5. The van der Waals surface area contributed by atoms with E-state index in [2.05, 4.69) is 289 Å². The van der Waals surface area contributed by atoms with Crippen LogP contribution in [0.25, 0.3) is 66.1 Å². The van der Waals surface area contributed by atoms with E-state index in [1.54, 1.807) is 0 Å². The second-order valence-corrected chi connectivity index (χ2v) is 18.7. The summed E-state index contributed by atoms with van der Waals surface area (Å²) in [6.07, 6.45) is 0. The Balaban J connectivity index is 0.964. The minimum absolute atomic E-state index is 0.464. The van der Waals surface area contributed by atoms with Crippen LogP contribution >= 0.6 is 0 Å². The molecule has 0 saturated carbocycles. The highest BCUT2D eigenvalue weighted by Crippen LogP contribution is 2.63. The molecular formula is C69H46N2. The minimum atomic E-state index is -0.464. The summed E-state index contributed by atoms with van der Waals surface area (Å²) in [6, 6.07) is 103. The molecule has 12 aromatic rings. The van der Waals surface area contributed by atoms with E-state index in [9.17, 15) is 0 Å². The Morgan fingerprint density at radius 2 is 0.507 bits per heavy atom. The Morgan fingerprint density at radius 1 is 0.211 bits per heavy atom. The smallest absolute Gasteiger partial charge is 0.0726 e. The van der Waals surface area contributed by atoms with Crippen LogP contribution in [0.2, 0.25) is 0 Å². The molecular weight excluding hydrogens is 857 g/mol. The Kier molecular flexibility index (Phi) is 9.47. The minimum Gasteiger partial charge on any atom is -0.311 e. The first-order chi connectivity index (χ1) is 35.3. The fourth-order valence-corrected chi connectivity index (χ4v) is 12.2. The van der Waals surface area contributed by atoms with Gasteiger partial charge < -0.3 is 9.80 Å². The molecule has 0 radical (unpaired) electrons. The topological polar surface area (TPSA) is 6.48 Å². The van der Waals surface area contributed by atoms with Gasteiger partial charge in [-0.25, -0.2) is 0 Å². The maximum atomic E-state index is 2.49. The SMILES string of the molecule is c1ccc(-c2c3ccccc3c(-c3ccc(N(c4ccc(N(c5ccccc5)c5ccccc5)cc4)c4ccc5c(c4)C4(c6ccccc6-c6ccccc64)c4ccccc4-5)cc3)c3ccccc23)cc1. The Hall–Kier alpha value is -9.24. The van der Waals surface area contributed by atoms with Gasteiger partial charge in [0.05, 0.1) is 5.41 Å². The van der Waals surface area contributed by atoms with Gasteiger partial charge in [-0.3, -0.25) is 0 Å². The molecule has 2 aliphatic carbocycles. The fraction of sp³-hybridized carbons (Fsp3) is 0.0145. The zero-order valence-electron chi connectivity index (χ0n) is 39.0. The molecule has 0 unspecified atom stereocenters. The first-order valence-electron chi connectivity index (χ1n) is 24.6. The maximum Gasteiger partial charge on any atom is 0.0726 e. The number of rotatable bonds is 8. The first kappa shape index (κ1) is 40.8. The van der Waals surface area contributed by atoms with Crippen molar-refractivity contribution in [2.24, 2.45) is 0 Å². The summed E-state index contributed by atoms with van der Waals surface area (Å²) in [4.78, 5) is 4.77. The van der Waals surface area contributed by atoms with Gasteiger partial charge in [-0.1, -0.05) is 206 Å². The molecule has 12 aromatic carbocycles.